The normalized spacial score (nSPS) is 11.4. The largest absolute Gasteiger partial charge is 0.330 e. The molecular weight excluding hydrogens is 384 g/mol. The van der Waals surface area contributed by atoms with E-state index in [9.17, 15) is 0 Å². The zero-order valence-corrected chi connectivity index (χ0v) is 16.8. The van der Waals surface area contributed by atoms with Crippen LogP contribution in [-0.4, -0.2) is 39.1 Å². The minimum absolute atomic E-state index is 0.662. The highest BCUT2D eigenvalue weighted by Crippen LogP contribution is 2.24. The Labute approximate surface area is 171 Å². The first kappa shape index (κ1) is 17.6. The van der Waals surface area contributed by atoms with Gasteiger partial charge in [0.05, 0.1) is 17.5 Å². The Morgan fingerprint density at radius 2 is 1.90 bits per heavy atom. The Morgan fingerprint density at radius 1 is 1.03 bits per heavy atom. The van der Waals surface area contributed by atoms with Crippen LogP contribution >= 0.6 is 11.3 Å². The van der Waals surface area contributed by atoms with E-state index in [2.05, 4.69) is 40.0 Å². The van der Waals surface area contributed by atoms with Gasteiger partial charge in [0.25, 0.3) is 0 Å². The van der Waals surface area contributed by atoms with Crippen LogP contribution in [0.3, 0.4) is 0 Å². The molecule has 0 amide bonds. The quantitative estimate of drug-likeness (QED) is 0.448. The van der Waals surface area contributed by atoms with E-state index in [1.54, 1.807) is 29.8 Å². The molecule has 0 aromatic carbocycles. The lowest BCUT2D eigenvalue weighted by Crippen LogP contribution is -2.04. The number of aryl methyl sites for hydroxylation is 4. The molecule has 144 valence electrons. The van der Waals surface area contributed by atoms with Gasteiger partial charge < -0.3 is 4.57 Å². The molecule has 0 aliphatic carbocycles. The summed E-state index contributed by atoms with van der Waals surface area (Å²) in [6.07, 6.45) is 9.88. The SMILES string of the molecule is Cc1cc(C)n2ncc(-c3nccn3CCc3csc(-c4ncccn4)n3)c2n1. The van der Waals surface area contributed by atoms with Crippen molar-refractivity contribution < 1.29 is 0 Å². The van der Waals surface area contributed by atoms with Gasteiger partial charge in [0.15, 0.2) is 16.5 Å². The third-order valence-electron chi connectivity index (χ3n) is 4.65. The van der Waals surface area contributed by atoms with E-state index in [4.69, 9.17) is 0 Å². The maximum atomic E-state index is 4.68. The maximum absolute atomic E-state index is 4.68. The van der Waals surface area contributed by atoms with E-state index in [0.29, 0.717) is 5.82 Å². The molecular formula is C20H18N8S. The molecule has 0 bridgehead atoms. The van der Waals surface area contributed by atoms with Crippen molar-refractivity contribution in [2.75, 3.05) is 0 Å². The number of thiazole rings is 1. The van der Waals surface area contributed by atoms with Crippen molar-refractivity contribution in [1.29, 1.82) is 0 Å². The highest BCUT2D eigenvalue weighted by molar-refractivity contribution is 7.13. The minimum Gasteiger partial charge on any atom is -0.330 e. The molecule has 9 heteroatoms. The first-order valence-electron chi connectivity index (χ1n) is 9.24. The van der Waals surface area contributed by atoms with Crippen molar-refractivity contribution >= 4 is 17.0 Å². The lowest BCUT2D eigenvalue weighted by Gasteiger charge is -2.06. The molecule has 5 aromatic rings. The highest BCUT2D eigenvalue weighted by atomic mass is 32.1. The summed E-state index contributed by atoms with van der Waals surface area (Å²) in [5, 5.41) is 7.39. The monoisotopic (exact) mass is 402 g/mol. The Bertz CT molecular complexity index is 1280. The smallest absolute Gasteiger partial charge is 0.188 e. The number of aromatic nitrogens is 8. The van der Waals surface area contributed by atoms with E-state index in [-0.39, 0.29) is 0 Å². The Kier molecular flexibility index (Phi) is 4.36. The van der Waals surface area contributed by atoms with Crippen LogP contribution in [0.1, 0.15) is 17.1 Å². The summed E-state index contributed by atoms with van der Waals surface area (Å²) in [6, 6.07) is 3.82. The summed E-state index contributed by atoms with van der Waals surface area (Å²) in [5.74, 6) is 1.52. The van der Waals surface area contributed by atoms with Gasteiger partial charge in [-0.15, -0.1) is 11.3 Å². The fourth-order valence-corrected chi connectivity index (χ4v) is 4.13. The predicted octanol–water partition coefficient (Wildman–Crippen LogP) is 3.37. The van der Waals surface area contributed by atoms with Crippen LogP contribution in [0.25, 0.3) is 27.9 Å². The van der Waals surface area contributed by atoms with Crippen molar-refractivity contribution in [3.05, 3.63) is 65.6 Å². The zero-order chi connectivity index (χ0) is 19.8. The molecule has 0 aliphatic rings. The van der Waals surface area contributed by atoms with Crippen molar-refractivity contribution in [1.82, 2.24) is 39.1 Å². The zero-order valence-electron chi connectivity index (χ0n) is 16.0. The predicted molar refractivity (Wildman–Crippen MR) is 111 cm³/mol. The minimum atomic E-state index is 0.662. The molecule has 0 fully saturated rings. The molecule has 0 unspecified atom stereocenters. The Morgan fingerprint density at radius 3 is 2.76 bits per heavy atom. The van der Waals surface area contributed by atoms with Gasteiger partial charge in [-0.05, 0) is 26.0 Å². The Hall–Kier alpha value is -3.46. The lowest BCUT2D eigenvalue weighted by molar-refractivity contribution is 0.695. The van der Waals surface area contributed by atoms with Gasteiger partial charge in [-0.3, -0.25) is 0 Å². The first-order chi connectivity index (χ1) is 14.2. The van der Waals surface area contributed by atoms with Gasteiger partial charge in [-0.25, -0.2) is 29.4 Å². The summed E-state index contributed by atoms with van der Waals surface area (Å²) in [4.78, 5) is 22.5. The van der Waals surface area contributed by atoms with Crippen LogP contribution in [0, 0.1) is 13.8 Å². The number of fused-ring (bicyclic) bond motifs is 1. The number of imidazole rings is 1. The van der Waals surface area contributed by atoms with Gasteiger partial charge in [0.1, 0.15) is 5.82 Å². The lowest BCUT2D eigenvalue weighted by atomic mass is 10.2. The molecule has 0 aliphatic heterocycles. The fourth-order valence-electron chi connectivity index (χ4n) is 3.33. The molecule has 0 radical (unpaired) electrons. The molecule has 0 saturated carbocycles. The molecule has 5 heterocycles. The van der Waals surface area contributed by atoms with Crippen LogP contribution in [0.2, 0.25) is 0 Å². The van der Waals surface area contributed by atoms with Crippen molar-refractivity contribution in [3.8, 4) is 22.2 Å². The van der Waals surface area contributed by atoms with E-state index in [1.807, 2.05) is 43.0 Å². The van der Waals surface area contributed by atoms with Crippen LogP contribution < -0.4 is 0 Å². The second-order valence-corrected chi connectivity index (χ2v) is 7.60. The van der Waals surface area contributed by atoms with Crippen LogP contribution in [0.15, 0.2) is 48.5 Å². The summed E-state index contributed by atoms with van der Waals surface area (Å²) in [6.45, 7) is 4.78. The molecule has 0 N–H and O–H groups in total. The molecule has 29 heavy (non-hydrogen) atoms. The molecule has 5 rings (SSSR count). The van der Waals surface area contributed by atoms with Crippen LogP contribution in [-0.2, 0) is 13.0 Å². The van der Waals surface area contributed by atoms with Crippen LogP contribution in [0.4, 0.5) is 0 Å². The van der Waals surface area contributed by atoms with Crippen molar-refractivity contribution in [2.45, 2.75) is 26.8 Å². The number of hydrogen-bond acceptors (Lipinski definition) is 7. The summed E-state index contributed by atoms with van der Waals surface area (Å²) in [5.41, 5.74) is 4.79. The van der Waals surface area contributed by atoms with Crippen molar-refractivity contribution in [2.24, 2.45) is 0 Å². The molecule has 0 spiro atoms. The third kappa shape index (κ3) is 3.29. The third-order valence-corrected chi connectivity index (χ3v) is 5.54. The number of hydrogen-bond donors (Lipinski definition) is 0. The van der Waals surface area contributed by atoms with E-state index < -0.39 is 0 Å². The fraction of sp³-hybridized carbons (Fsp3) is 0.200. The van der Waals surface area contributed by atoms with E-state index in [0.717, 1.165) is 52.1 Å². The second-order valence-electron chi connectivity index (χ2n) is 6.74. The average Bonchev–Trinajstić information content (AvgIpc) is 3.46. The Balaban J connectivity index is 1.40. The van der Waals surface area contributed by atoms with Gasteiger partial charge in [0.2, 0.25) is 0 Å². The van der Waals surface area contributed by atoms with E-state index >= 15 is 0 Å². The maximum Gasteiger partial charge on any atom is 0.188 e. The van der Waals surface area contributed by atoms with Gasteiger partial charge in [0, 0.05) is 54.5 Å². The summed E-state index contributed by atoms with van der Waals surface area (Å²) >= 11 is 1.56. The molecule has 0 saturated heterocycles. The van der Waals surface area contributed by atoms with E-state index in [1.165, 1.54) is 0 Å². The van der Waals surface area contributed by atoms with Crippen molar-refractivity contribution in [3.63, 3.8) is 0 Å². The molecule has 5 aromatic heterocycles. The molecule has 8 nitrogen and oxygen atoms in total. The van der Waals surface area contributed by atoms with Gasteiger partial charge in [-0.1, -0.05) is 0 Å². The number of rotatable bonds is 5. The standard InChI is InChI=1S/C20H18N8S/c1-13-10-14(2)28-19(25-13)16(11-24-28)18-23-7-9-27(18)8-4-15-12-29-20(26-15)17-21-5-3-6-22-17/h3,5-7,9-12H,4,8H2,1-2H3. The summed E-state index contributed by atoms with van der Waals surface area (Å²) in [7, 11) is 0. The highest BCUT2D eigenvalue weighted by Gasteiger charge is 2.15. The number of nitrogens with zero attached hydrogens (tertiary/aromatic N) is 8. The van der Waals surface area contributed by atoms with Crippen LogP contribution in [0.5, 0.6) is 0 Å². The van der Waals surface area contributed by atoms with Gasteiger partial charge in [-0.2, -0.15) is 5.10 Å². The second kappa shape index (κ2) is 7.17. The summed E-state index contributed by atoms with van der Waals surface area (Å²) < 4.78 is 3.97. The van der Waals surface area contributed by atoms with Gasteiger partial charge >= 0.3 is 0 Å². The first-order valence-corrected chi connectivity index (χ1v) is 10.1. The molecule has 0 atom stereocenters. The topological polar surface area (TPSA) is 86.7 Å². The average molecular weight is 402 g/mol.